The second kappa shape index (κ2) is 16.7. The zero-order valence-corrected chi connectivity index (χ0v) is 7.83. The van der Waals surface area contributed by atoms with E-state index in [0.29, 0.717) is 6.61 Å². The van der Waals surface area contributed by atoms with E-state index < -0.39 is 6.09 Å². The number of carbonyl (C=O) groups excluding carboxylic acids is 4. The molecule has 13 heavy (non-hydrogen) atoms. The van der Waals surface area contributed by atoms with E-state index in [4.69, 9.17) is 9.59 Å². The molecule has 6 heteroatoms. The average molecular weight is 191 g/mol. The Morgan fingerprint density at radius 1 is 1.31 bits per heavy atom. The van der Waals surface area contributed by atoms with E-state index in [9.17, 15) is 9.59 Å². The molecule has 0 aliphatic rings. The molecule has 0 bridgehead atoms. The molecular formula is C7H13NO5. The van der Waals surface area contributed by atoms with Crippen molar-refractivity contribution in [1.82, 2.24) is 0 Å². The maximum absolute atomic E-state index is 9.60. The highest BCUT2D eigenvalue weighted by atomic mass is 16.5. The molecule has 0 saturated carbocycles. The van der Waals surface area contributed by atoms with Crippen molar-refractivity contribution in [3.05, 3.63) is 0 Å². The number of amides is 1. The lowest BCUT2D eigenvalue weighted by molar-refractivity contribution is -0.191. The van der Waals surface area contributed by atoms with E-state index in [1.807, 2.05) is 0 Å². The second-order valence-electron chi connectivity index (χ2n) is 1.74. The van der Waals surface area contributed by atoms with Gasteiger partial charge < -0.3 is 15.3 Å². The molecule has 0 heterocycles. The minimum atomic E-state index is -0.711. The molecular weight excluding hydrogens is 178 g/mol. The van der Waals surface area contributed by atoms with Crippen LogP contribution < -0.4 is 5.73 Å². The Morgan fingerprint density at radius 3 is 1.54 bits per heavy atom. The quantitative estimate of drug-likeness (QED) is 0.633. The van der Waals surface area contributed by atoms with Gasteiger partial charge in [0.05, 0.1) is 6.61 Å². The molecule has 1 amide bonds. The highest BCUT2D eigenvalue weighted by Crippen LogP contribution is 1.66. The predicted octanol–water partition coefficient (Wildman–Crippen LogP) is 0.113. The number of rotatable bonds is 1. The van der Waals surface area contributed by atoms with Gasteiger partial charge in [0.1, 0.15) is 5.78 Å². The van der Waals surface area contributed by atoms with Crippen LogP contribution in [0.25, 0.3) is 0 Å². The minimum Gasteiger partial charge on any atom is -0.450 e. The molecule has 0 aromatic carbocycles. The molecule has 0 rings (SSSR count). The summed E-state index contributed by atoms with van der Waals surface area (Å²) in [6.07, 6.45) is -0.461. The van der Waals surface area contributed by atoms with Gasteiger partial charge in [0, 0.05) is 0 Å². The van der Waals surface area contributed by atoms with Crippen molar-refractivity contribution >= 4 is 18.0 Å². The topological polar surface area (TPSA) is 104 Å². The zero-order chi connectivity index (χ0) is 11.3. The van der Waals surface area contributed by atoms with Crippen LogP contribution in [0.1, 0.15) is 20.8 Å². The fourth-order valence-electron chi connectivity index (χ4n) is 0.142. The van der Waals surface area contributed by atoms with E-state index in [-0.39, 0.29) is 11.9 Å². The lowest BCUT2D eigenvalue weighted by Gasteiger charge is -1.89. The first-order valence-electron chi connectivity index (χ1n) is 3.31. The first kappa shape index (κ1) is 17.4. The van der Waals surface area contributed by atoms with Crippen molar-refractivity contribution in [3.8, 4) is 0 Å². The first-order chi connectivity index (χ1) is 5.92. The number of nitrogens with two attached hydrogens (primary N) is 1. The van der Waals surface area contributed by atoms with Crippen LogP contribution in [0.15, 0.2) is 0 Å². The normalized spacial score (nSPS) is 6.08. The van der Waals surface area contributed by atoms with E-state index in [1.165, 1.54) is 13.8 Å². The van der Waals surface area contributed by atoms with E-state index in [1.54, 1.807) is 6.92 Å². The Labute approximate surface area is 76.0 Å². The lowest BCUT2D eigenvalue weighted by atomic mass is 10.6. The van der Waals surface area contributed by atoms with Crippen molar-refractivity contribution < 1.29 is 23.9 Å². The maximum atomic E-state index is 9.60. The number of hydrogen-bond acceptors (Lipinski definition) is 5. The third-order valence-corrected chi connectivity index (χ3v) is 0.287. The number of ether oxygens (including phenoxy) is 1. The largest absolute Gasteiger partial charge is 0.450 e. The SMILES string of the molecule is CC(C)=O.CCOC(N)=O.O=C=O. The molecule has 0 unspecified atom stereocenters. The molecule has 0 fully saturated rings. The summed E-state index contributed by atoms with van der Waals surface area (Å²) in [7, 11) is 0. The highest BCUT2D eigenvalue weighted by Gasteiger charge is 1.82. The number of ketones is 1. The number of carbonyl (C=O) groups is 2. The third kappa shape index (κ3) is 410. The van der Waals surface area contributed by atoms with Gasteiger partial charge >= 0.3 is 12.2 Å². The van der Waals surface area contributed by atoms with E-state index in [0.717, 1.165) is 0 Å². The monoisotopic (exact) mass is 191 g/mol. The maximum Gasteiger partial charge on any atom is 0.404 e. The van der Waals surface area contributed by atoms with Crippen LogP contribution in [-0.4, -0.2) is 24.6 Å². The van der Waals surface area contributed by atoms with Crippen LogP contribution in [0.4, 0.5) is 4.79 Å². The van der Waals surface area contributed by atoms with E-state index >= 15 is 0 Å². The van der Waals surface area contributed by atoms with Crippen LogP contribution in [0, 0.1) is 0 Å². The summed E-state index contributed by atoms with van der Waals surface area (Å²) in [5, 5.41) is 0. The Kier molecular flexibility index (Phi) is 22.4. The zero-order valence-electron chi connectivity index (χ0n) is 7.83. The lowest BCUT2D eigenvalue weighted by Crippen LogP contribution is -2.11. The number of hydrogen-bond donors (Lipinski definition) is 1. The molecule has 0 aliphatic carbocycles. The standard InChI is InChI=1S/C3H7NO2.C3H6O.CO2/c1-2-6-3(4)5;1-3(2)4;2-1-3/h2H2,1H3,(H2,4,5);1-2H3;. The van der Waals surface area contributed by atoms with Crippen molar-refractivity contribution in [2.45, 2.75) is 20.8 Å². The van der Waals surface area contributed by atoms with Crippen LogP contribution in [0.3, 0.4) is 0 Å². The molecule has 6 nitrogen and oxygen atoms in total. The molecule has 0 saturated heterocycles. The van der Waals surface area contributed by atoms with Gasteiger partial charge in [0.15, 0.2) is 0 Å². The van der Waals surface area contributed by atoms with Gasteiger partial charge in [-0.2, -0.15) is 9.59 Å². The van der Waals surface area contributed by atoms with Gasteiger partial charge in [-0.3, -0.25) is 0 Å². The van der Waals surface area contributed by atoms with Gasteiger partial charge in [0.25, 0.3) is 0 Å². The molecule has 0 aliphatic heterocycles. The predicted molar refractivity (Wildman–Crippen MR) is 42.6 cm³/mol. The third-order valence-electron chi connectivity index (χ3n) is 0.287. The van der Waals surface area contributed by atoms with Crippen molar-refractivity contribution in [2.24, 2.45) is 5.73 Å². The van der Waals surface area contributed by atoms with Gasteiger partial charge in [-0.25, -0.2) is 4.79 Å². The Hall–Kier alpha value is -1.68. The highest BCUT2D eigenvalue weighted by molar-refractivity contribution is 5.72. The molecule has 2 N–H and O–H groups in total. The van der Waals surface area contributed by atoms with Crippen LogP contribution in [0.5, 0.6) is 0 Å². The molecule has 76 valence electrons. The summed E-state index contributed by atoms with van der Waals surface area (Å²) in [6, 6.07) is 0. The summed E-state index contributed by atoms with van der Waals surface area (Å²) in [4.78, 5) is 35.3. The van der Waals surface area contributed by atoms with Crippen LogP contribution >= 0.6 is 0 Å². The number of Topliss-reactive ketones (excluding diaryl/α,β-unsaturated/α-hetero) is 1. The fraction of sp³-hybridized carbons (Fsp3) is 0.571. The fourth-order valence-corrected chi connectivity index (χ4v) is 0.142. The Morgan fingerprint density at radius 2 is 1.54 bits per heavy atom. The van der Waals surface area contributed by atoms with Crippen LogP contribution in [0.2, 0.25) is 0 Å². The smallest absolute Gasteiger partial charge is 0.404 e. The first-order valence-corrected chi connectivity index (χ1v) is 3.31. The van der Waals surface area contributed by atoms with E-state index in [2.05, 4.69) is 10.5 Å². The Balaban J connectivity index is -0.000000125. The molecule has 0 aromatic rings. The summed E-state index contributed by atoms with van der Waals surface area (Å²) >= 11 is 0. The molecule has 0 atom stereocenters. The average Bonchev–Trinajstić information content (AvgIpc) is 1.86. The summed E-state index contributed by atoms with van der Waals surface area (Å²) in [6.45, 7) is 5.11. The van der Waals surface area contributed by atoms with Crippen molar-refractivity contribution in [3.63, 3.8) is 0 Å². The molecule has 0 aromatic heterocycles. The van der Waals surface area contributed by atoms with Crippen molar-refractivity contribution in [1.29, 1.82) is 0 Å². The minimum absolute atomic E-state index is 0.167. The van der Waals surface area contributed by atoms with Gasteiger partial charge in [-0.1, -0.05) is 0 Å². The molecule has 0 spiro atoms. The van der Waals surface area contributed by atoms with Gasteiger partial charge in [-0.15, -0.1) is 0 Å². The number of primary amides is 1. The van der Waals surface area contributed by atoms with Gasteiger partial charge in [-0.05, 0) is 20.8 Å². The second-order valence-corrected chi connectivity index (χ2v) is 1.74. The Bertz CT molecular complexity index is 168. The summed E-state index contributed by atoms with van der Waals surface area (Å²) < 4.78 is 4.18. The summed E-state index contributed by atoms with van der Waals surface area (Å²) in [5.41, 5.74) is 4.54. The van der Waals surface area contributed by atoms with Crippen LogP contribution in [-0.2, 0) is 19.1 Å². The van der Waals surface area contributed by atoms with Gasteiger partial charge in [0.2, 0.25) is 0 Å². The summed E-state index contributed by atoms with van der Waals surface area (Å²) in [5.74, 6) is 0.167. The van der Waals surface area contributed by atoms with Crippen molar-refractivity contribution in [2.75, 3.05) is 6.61 Å². The molecule has 0 radical (unpaired) electrons.